The maximum atomic E-state index is 11.9. The molecule has 0 saturated heterocycles. The van der Waals surface area contributed by atoms with Crippen molar-refractivity contribution in [3.63, 3.8) is 0 Å². The van der Waals surface area contributed by atoms with Gasteiger partial charge in [0.15, 0.2) is 4.77 Å². The Kier molecular flexibility index (Phi) is 2.95. The van der Waals surface area contributed by atoms with Crippen molar-refractivity contribution in [2.75, 3.05) is 0 Å². The summed E-state index contributed by atoms with van der Waals surface area (Å²) in [7, 11) is 0. The number of aromatic nitrogens is 4. The lowest BCUT2D eigenvalue weighted by Gasteiger charge is -2.07. The maximum Gasteiger partial charge on any atom is 0.276 e. The van der Waals surface area contributed by atoms with Crippen molar-refractivity contribution >= 4 is 45.8 Å². The number of hydrogen-bond donors (Lipinski definition) is 3. The van der Waals surface area contributed by atoms with Gasteiger partial charge < -0.3 is 14.5 Å². The third kappa shape index (κ3) is 2.08. The molecular weight excluding hydrogens is 320 g/mol. The molecule has 4 rings (SSSR count). The van der Waals surface area contributed by atoms with Crippen LogP contribution in [0.1, 0.15) is 5.69 Å². The molecule has 0 aliphatic rings. The van der Waals surface area contributed by atoms with E-state index in [9.17, 15) is 4.79 Å². The molecule has 3 heterocycles. The highest BCUT2D eigenvalue weighted by atomic mass is 35.5. The fraction of sp³-hybridized carbons (Fsp3) is 0.0667. The molecule has 3 N–H and O–H groups in total. The van der Waals surface area contributed by atoms with Crippen LogP contribution in [0.3, 0.4) is 0 Å². The monoisotopic (exact) mass is 330 g/mol. The van der Waals surface area contributed by atoms with Crippen LogP contribution in [0.2, 0.25) is 5.02 Å². The summed E-state index contributed by atoms with van der Waals surface area (Å²) in [6, 6.07) is 9.58. The van der Waals surface area contributed by atoms with Gasteiger partial charge in [-0.2, -0.15) is 0 Å². The smallest absolute Gasteiger partial charge is 0.276 e. The molecule has 4 aromatic rings. The van der Waals surface area contributed by atoms with Crippen LogP contribution in [-0.4, -0.2) is 19.5 Å². The predicted molar refractivity (Wildman–Crippen MR) is 90.2 cm³/mol. The minimum absolute atomic E-state index is 0.204. The van der Waals surface area contributed by atoms with Crippen LogP contribution in [0.25, 0.3) is 21.9 Å². The summed E-state index contributed by atoms with van der Waals surface area (Å²) in [5, 5.41) is 1.75. The fourth-order valence-corrected chi connectivity index (χ4v) is 3.12. The van der Waals surface area contributed by atoms with Gasteiger partial charge in [0.1, 0.15) is 5.52 Å². The first kappa shape index (κ1) is 13.4. The first-order valence-electron chi connectivity index (χ1n) is 6.69. The van der Waals surface area contributed by atoms with Gasteiger partial charge in [-0.3, -0.25) is 9.78 Å². The normalized spacial score (nSPS) is 11.5. The zero-order chi connectivity index (χ0) is 15.3. The molecule has 3 aromatic heterocycles. The number of halogens is 1. The third-order valence-corrected chi connectivity index (χ3v) is 4.23. The maximum absolute atomic E-state index is 11.9. The van der Waals surface area contributed by atoms with Crippen molar-refractivity contribution in [3.8, 4) is 0 Å². The van der Waals surface area contributed by atoms with Gasteiger partial charge in [-0.05, 0) is 42.5 Å². The summed E-state index contributed by atoms with van der Waals surface area (Å²) in [5.74, 6) is 0. The molecule has 0 radical (unpaired) electrons. The molecule has 0 aliphatic carbocycles. The number of nitrogens with zero attached hydrogens (tertiary/aromatic N) is 1. The van der Waals surface area contributed by atoms with Crippen LogP contribution >= 0.6 is 23.8 Å². The first-order chi connectivity index (χ1) is 10.6. The third-order valence-electron chi connectivity index (χ3n) is 3.68. The Morgan fingerprint density at radius 1 is 1.18 bits per heavy atom. The number of aromatic amines is 3. The Balaban J connectivity index is 1.87. The molecule has 22 heavy (non-hydrogen) atoms. The molecule has 0 aliphatic heterocycles. The summed E-state index contributed by atoms with van der Waals surface area (Å²) in [6.07, 6.45) is 1.73. The Morgan fingerprint density at radius 3 is 2.91 bits per heavy atom. The van der Waals surface area contributed by atoms with Crippen molar-refractivity contribution in [3.05, 3.63) is 62.4 Å². The highest BCUT2D eigenvalue weighted by Gasteiger charge is 2.08. The lowest BCUT2D eigenvalue weighted by Crippen LogP contribution is -2.14. The van der Waals surface area contributed by atoms with Gasteiger partial charge >= 0.3 is 0 Å². The highest BCUT2D eigenvalue weighted by Crippen LogP contribution is 2.21. The van der Waals surface area contributed by atoms with Crippen LogP contribution in [0, 0.1) is 4.77 Å². The van der Waals surface area contributed by atoms with E-state index in [1.807, 2.05) is 34.9 Å². The summed E-state index contributed by atoms with van der Waals surface area (Å²) in [6.45, 7) is 0.538. The highest BCUT2D eigenvalue weighted by molar-refractivity contribution is 7.71. The minimum Gasteiger partial charge on any atom is -0.357 e. The minimum atomic E-state index is -0.204. The lowest BCUT2D eigenvalue weighted by molar-refractivity contribution is 0.768. The zero-order valence-electron chi connectivity index (χ0n) is 11.3. The molecule has 0 spiro atoms. The van der Waals surface area contributed by atoms with Crippen LogP contribution < -0.4 is 5.56 Å². The summed E-state index contributed by atoms with van der Waals surface area (Å²) < 4.78 is 2.28. The van der Waals surface area contributed by atoms with Crippen molar-refractivity contribution in [2.24, 2.45) is 0 Å². The van der Waals surface area contributed by atoms with Crippen molar-refractivity contribution < 1.29 is 0 Å². The van der Waals surface area contributed by atoms with Gasteiger partial charge in [-0.25, -0.2) is 0 Å². The SMILES string of the molecule is O=c1[nH]c(=S)n(Cc2cc3cc(Cl)ccc3[nH]2)c2cc[nH]c12. The molecule has 0 fully saturated rings. The van der Waals surface area contributed by atoms with Gasteiger partial charge in [-0.15, -0.1) is 0 Å². The molecule has 0 amide bonds. The van der Waals surface area contributed by atoms with E-state index >= 15 is 0 Å². The molecular formula is C15H11ClN4OS. The molecule has 1 aromatic carbocycles. The second kappa shape index (κ2) is 4.86. The number of fused-ring (bicyclic) bond motifs is 2. The summed E-state index contributed by atoms with van der Waals surface area (Å²) in [4.78, 5) is 20.8. The van der Waals surface area contributed by atoms with E-state index in [2.05, 4.69) is 15.0 Å². The predicted octanol–water partition coefficient (Wildman–Crippen LogP) is 3.57. The molecule has 0 saturated carbocycles. The van der Waals surface area contributed by atoms with Crippen molar-refractivity contribution in [1.82, 2.24) is 19.5 Å². The molecule has 5 nitrogen and oxygen atoms in total. The van der Waals surface area contributed by atoms with E-state index in [1.165, 1.54) is 0 Å². The second-order valence-corrected chi connectivity index (χ2v) is 5.93. The van der Waals surface area contributed by atoms with E-state index in [0.717, 1.165) is 22.1 Å². The molecule has 7 heteroatoms. The number of benzene rings is 1. The Morgan fingerprint density at radius 2 is 2.05 bits per heavy atom. The van der Waals surface area contributed by atoms with Gasteiger partial charge in [-0.1, -0.05) is 11.6 Å². The van der Waals surface area contributed by atoms with Gasteiger partial charge in [0.05, 0.1) is 12.1 Å². The number of hydrogen-bond acceptors (Lipinski definition) is 2. The quantitative estimate of drug-likeness (QED) is 0.492. The molecule has 110 valence electrons. The number of nitrogens with one attached hydrogen (secondary N) is 3. The van der Waals surface area contributed by atoms with Crippen LogP contribution in [0.15, 0.2) is 41.3 Å². The van der Waals surface area contributed by atoms with Crippen LogP contribution in [0.4, 0.5) is 0 Å². The Hall–Kier alpha value is -2.31. The standard InChI is InChI=1S/C15H11ClN4OS/c16-9-1-2-11-8(5-9)6-10(18-11)7-20-12-3-4-17-13(12)14(21)19-15(20)22/h1-6,17-18H,7H2,(H,19,21,22). The van der Waals surface area contributed by atoms with Gasteiger partial charge in [0, 0.05) is 27.8 Å². The van der Waals surface area contributed by atoms with Crippen LogP contribution in [0.5, 0.6) is 0 Å². The average molecular weight is 331 g/mol. The van der Waals surface area contributed by atoms with E-state index in [-0.39, 0.29) is 5.56 Å². The Bertz CT molecular complexity index is 1120. The molecule has 0 unspecified atom stereocenters. The Labute approximate surface area is 134 Å². The zero-order valence-corrected chi connectivity index (χ0v) is 12.9. The lowest BCUT2D eigenvalue weighted by atomic mass is 10.2. The summed E-state index contributed by atoms with van der Waals surface area (Å²) in [5.41, 5.74) is 3.10. The molecule has 0 bridgehead atoms. The van der Waals surface area contributed by atoms with Crippen molar-refractivity contribution in [2.45, 2.75) is 6.54 Å². The fourth-order valence-electron chi connectivity index (χ4n) is 2.68. The first-order valence-corrected chi connectivity index (χ1v) is 7.48. The second-order valence-electron chi connectivity index (χ2n) is 5.11. The topological polar surface area (TPSA) is 69.4 Å². The van der Waals surface area contributed by atoms with E-state index in [4.69, 9.17) is 23.8 Å². The van der Waals surface area contributed by atoms with Gasteiger partial charge in [0.2, 0.25) is 0 Å². The number of H-pyrrole nitrogens is 3. The largest absolute Gasteiger partial charge is 0.357 e. The van der Waals surface area contributed by atoms with E-state index in [1.54, 1.807) is 6.20 Å². The van der Waals surface area contributed by atoms with Gasteiger partial charge in [0.25, 0.3) is 5.56 Å². The van der Waals surface area contributed by atoms with E-state index < -0.39 is 0 Å². The van der Waals surface area contributed by atoms with Crippen molar-refractivity contribution in [1.29, 1.82) is 0 Å². The average Bonchev–Trinajstić information content (AvgIpc) is 3.09. The van der Waals surface area contributed by atoms with E-state index in [0.29, 0.717) is 21.9 Å². The summed E-state index contributed by atoms with van der Waals surface area (Å²) >= 11 is 11.3. The molecule has 0 atom stereocenters. The van der Waals surface area contributed by atoms with Crippen LogP contribution in [-0.2, 0) is 6.54 Å². The number of rotatable bonds is 2.